The van der Waals surface area contributed by atoms with Gasteiger partial charge in [-0.3, -0.25) is 4.79 Å². The Morgan fingerprint density at radius 2 is 1.90 bits per heavy atom. The molecule has 1 rings (SSSR count). The van der Waals surface area contributed by atoms with E-state index in [1.165, 1.54) is 18.5 Å². The van der Waals surface area contributed by atoms with Gasteiger partial charge in [-0.1, -0.05) is 13.3 Å². The Kier molecular flexibility index (Phi) is 7.83. The van der Waals surface area contributed by atoms with Gasteiger partial charge in [-0.2, -0.15) is 0 Å². The van der Waals surface area contributed by atoms with E-state index in [-0.39, 0.29) is 11.9 Å². The number of unbranched alkanes of at least 4 members (excludes halogenated alkanes) is 1. The summed E-state index contributed by atoms with van der Waals surface area (Å²) < 4.78 is 0. The SMILES string of the molecule is CCCCN(CC)c1ccc(C(=O)NCC(C)NC)cc1. The largest absolute Gasteiger partial charge is 0.372 e. The van der Waals surface area contributed by atoms with Gasteiger partial charge in [0.05, 0.1) is 0 Å². The molecule has 0 saturated carbocycles. The van der Waals surface area contributed by atoms with Gasteiger partial charge in [0.25, 0.3) is 5.91 Å². The molecule has 4 nitrogen and oxygen atoms in total. The van der Waals surface area contributed by atoms with Gasteiger partial charge >= 0.3 is 0 Å². The summed E-state index contributed by atoms with van der Waals surface area (Å²) in [5.74, 6) is -0.0137. The lowest BCUT2D eigenvalue weighted by Crippen LogP contribution is -2.37. The zero-order chi connectivity index (χ0) is 15.7. The van der Waals surface area contributed by atoms with Crippen molar-refractivity contribution >= 4 is 11.6 Å². The first-order chi connectivity index (χ1) is 10.1. The quantitative estimate of drug-likeness (QED) is 0.735. The fourth-order valence-corrected chi connectivity index (χ4v) is 2.09. The van der Waals surface area contributed by atoms with Gasteiger partial charge in [-0.15, -0.1) is 0 Å². The third-order valence-corrected chi connectivity index (χ3v) is 3.72. The molecular weight excluding hydrogens is 262 g/mol. The first-order valence-electron chi connectivity index (χ1n) is 7.92. The lowest BCUT2D eigenvalue weighted by molar-refractivity contribution is 0.0950. The molecular formula is C17H29N3O. The number of amides is 1. The van der Waals surface area contributed by atoms with Crippen LogP contribution >= 0.6 is 0 Å². The van der Waals surface area contributed by atoms with E-state index in [1.54, 1.807) is 0 Å². The monoisotopic (exact) mass is 291 g/mol. The predicted octanol–water partition coefficient (Wildman–Crippen LogP) is 2.65. The van der Waals surface area contributed by atoms with Gasteiger partial charge in [-0.25, -0.2) is 0 Å². The van der Waals surface area contributed by atoms with E-state index in [1.807, 2.05) is 38.2 Å². The molecule has 0 aliphatic heterocycles. The highest BCUT2D eigenvalue weighted by Crippen LogP contribution is 2.16. The number of nitrogens with one attached hydrogen (secondary N) is 2. The molecule has 0 saturated heterocycles. The van der Waals surface area contributed by atoms with E-state index in [0.29, 0.717) is 12.1 Å². The van der Waals surface area contributed by atoms with E-state index in [0.717, 1.165) is 13.1 Å². The first-order valence-corrected chi connectivity index (χ1v) is 7.92. The van der Waals surface area contributed by atoms with E-state index < -0.39 is 0 Å². The molecule has 0 aliphatic carbocycles. The third kappa shape index (κ3) is 5.76. The Morgan fingerprint density at radius 3 is 2.43 bits per heavy atom. The van der Waals surface area contributed by atoms with Gasteiger partial charge in [0.15, 0.2) is 0 Å². The van der Waals surface area contributed by atoms with Crippen LogP contribution in [-0.4, -0.2) is 38.6 Å². The summed E-state index contributed by atoms with van der Waals surface area (Å²) in [6.07, 6.45) is 2.39. The summed E-state index contributed by atoms with van der Waals surface area (Å²) in [5, 5.41) is 6.03. The number of benzene rings is 1. The minimum atomic E-state index is -0.0137. The molecule has 4 heteroatoms. The summed E-state index contributed by atoms with van der Waals surface area (Å²) in [4.78, 5) is 14.4. The van der Waals surface area contributed by atoms with Crippen molar-refractivity contribution in [2.75, 3.05) is 31.6 Å². The molecule has 1 aromatic rings. The fraction of sp³-hybridized carbons (Fsp3) is 0.588. The smallest absolute Gasteiger partial charge is 0.251 e. The minimum absolute atomic E-state index is 0.0137. The average molecular weight is 291 g/mol. The van der Waals surface area contributed by atoms with E-state index in [9.17, 15) is 4.79 Å². The Balaban J connectivity index is 2.61. The topological polar surface area (TPSA) is 44.4 Å². The molecule has 0 radical (unpaired) electrons. The van der Waals surface area contributed by atoms with Crippen molar-refractivity contribution in [1.29, 1.82) is 0 Å². The van der Waals surface area contributed by atoms with Crippen LogP contribution in [0.15, 0.2) is 24.3 Å². The number of carbonyl (C=O) groups is 1. The molecule has 0 bridgehead atoms. The van der Waals surface area contributed by atoms with Gasteiger partial charge in [0, 0.05) is 36.9 Å². The maximum Gasteiger partial charge on any atom is 0.251 e. The van der Waals surface area contributed by atoms with Gasteiger partial charge < -0.3 is 15.5 Å². The molecule has 0 spiro atoms. The minimum Gasteiger partial charge on any atom is -0.372 e. The number of anilines is 1. The van der Waals surface area contributed by atoms with Crippen LogP contribution in [0.25, 0.3) is 0 Å². The van der Waals surface area contributed by atoms with E-state index >= 15 is 0 Å². The summed E-state index contributed by atoms with van der Waals surface area (Å²) in [6, 6.07) is 8.16. The highest BCUT2D eigenvalue weighted by Gasteiger charge is 2.08. The molecule has 0 aliphatic rings. The second kappa shape index (κ2) is 9.40. The Hall–Kier alpha value is -1.55. The lowest BCUT2D eigenvalue weighted by atomic mass is 10.1. The Morgan fingerprint density at radius 1 is 1.24 bits per heavy atom. The number of nitrogens with zero attached hydrogens (tertiary/aromatic N) is 1. The summed E-state index contributed by atoms with van der Waals surface area (Å²) in [6.45, 7) is 9.09. The van der Waals surface area contributed by atoms with Crippen molar-refractivity contribution < 1.29 is 4.79 Å². The van der Waals surface area contributed by atoms with Gasteiger partial charge in [0.2, 0.25) is 0 Å². The van der Waals surface area contributed by atoms with Crippen molar-refractivity contribution in [3.05, 3.63) is 29.8 Å². The second-order valence-corrected chi connectivity index (χ2v) is 5.38. The molecule has 118 valence electrons. The normalized spacial score (nSPS) is 12.0. The van der Waals surface area contributed by atoms with Crippen molar-refractivity contribution in [3.63, 3.8) is 0 Å². The number of hydrogen-bond donors (Lipinski definition) is 2. The van der Waals surface area contributed by atoms with Crippen molar-refractivity contribution in [3.8, 4) is 0 Å². The van der Waals surface area contributed by atoms with Crippen LogP contribution in [0.4, 0.5) is 5.69 Å². The van der Waals surface area contributed by atoms with Crippen LogP contribution in [0.2, 0.25) is 0 Å². The Bertz CT molecular complexity index is 417. The highest BCUT2D eigenvalue weighted by atomic mass is 16.1. The van der Waals surface area contributed by atoms with Gasteiger partial charge in [-0.05, 0) is 51.6 Å². The lowest BCUT2D eigenvalue weighted by Gasteiger charge is -2.23. The summed E-state index contributed by atoms with van der Waals surface area (Å²) in [7, 11) is 1.89. The number of carbonyl (C=O) groups excluding carboxylic acids is 1. The van der Waals surface area contributed by atoms with E-state index in [4.69, 9.17) is 0 Å². The standard InChI is InChI=1S/C17H29N3O/c1-5-7-12-20(6-2)16-10-8-15(9-11-16)17(21)19-13-14(3)18-4/h8-11,14,18H,5-7,12-13H2,1-4H3,(H,19,21). The molecule has 1 amide bonds. The van der Waals surface area contributed by atoms with Crippen molar-refractivity contribution in [2.24, 2.45) is 0 Å². The highest BCUT2D eigenvalue weighted by molar-refractivity contribution is 5.94. The number of likely N-dealkylation sites (N-methyl/N-ethyl adjacent to an activating group) is 1. The second-order valence-electron chi connectivity index (χ2n) is 5.38. The van der Waals surface area contributed by atoms with Crippen LogP contribution in [0.5, 0.6) is 0 Å². The summed E-state index contributed by atoms with van der Waals surface area (Å²) >= 11 is 0. The first kappa shape index (κ1) is 17.5. The molecule has 0 fully saturated rings. The molecule has 21 heavy (non-hydrogen) atoms. The van der Waals surface area contributed by atoms with Crippen LogP contribution < -0.4 is 15.5 Å². The maximum absolute atomic E-state index is 12.0. The van der Waals surface area contributed by atoms with Crippen LogP contribution in [0.3, 0.4) is 0 Å². The van der Waals surface area contributed by atoms with Crippen LogP contribution in [-0.2, 0) is 0 Å². The molecule has 0 heterocycles. The maximum atomic E-state index is 12.0. The zero-order valence-corrected chi connectivity index (χ0v) is 13.8. The van der Waals surface area contributed by atoms with Crippen LogP contribution in [0, 0.1) is 0 Å². The van der Waals surface area contributed by atoms with E-state index in [2.05, 4.69) is 29.4 Å². The molecule has 0 aromatic heterocycles. The Labute approximate surface area is 128 Å². The fourth-order valence-electron chi connectivity index (χ4n) is 2.09. The zero-order valence-electron chi connectivity index (χ0n) is 13.8. The third-order valence-electron chi connectivity index (χ3n) is 3.72. The van der Waals surface area contributed by atoms with Crippen LogP contribution in [0.1, 0.15) is 44.0 Å². The average Bonchev–Trinajstić information content (AvgIpc) is 2.53. The molecule has 1 aromatic carbocycles. The van der Waals surface area contributed by atoms with Gasteiger partial charge in [0.1, 0.15) is 0 Å². The van der Waals surface area contributed by atoms with Crippen molar-refractivity contribution in [1.82, 2.24) is 10.6 Å². The molecule has 1 atom stereocenters. The molecule has 1 unspecified atom stereocenters. The number of hydrogen-bond acceptors (Lipinski definition) is 3. The molecule has 2 N–H and O–H groups in total. The number of rotatable bonds is 9. The predicted molar refractivity (Wildman–Crippen MR) is 90.1 cm³/mol. The van der Waals surface area contributed by atoms with Crippen molar-refractivity contribution in [2.45, 2.75) is 39.7 Å². The summed E-state index contributed by atoms with van der Waals surface area (Å²) in [5.41, 5.74) is 1.90.